The maximum atomic E-state index is 11.3. The number of aliphatic hydroxyl groups is 1. The fraction of sp³-hybridized carbons (Fsp3) is 0.375. The summed E-state index contributed by atoms with van der Waals surface area (Å²) in [5.41, 5.74) is 0. The first kappa shape index (κ1) is 8.12. The van der Waals surface area contributed by atoms with Gasteiger partial charge in [0.15, 0.2) is 0 Å². The first-order chi connectivity index (χ1) is 6.27. The number of carbonyl (C=O) groups is 1. The molecule has 5 heteroatoms. The molecule has 1 atom stereocenters. The summed E-state index contributed by atoms with van der Waals surface area (Å²) >= 11 is 0. The number of hydrogen-bond acceptors (Lipinski definition) is 4. The van der Waals surface area contributed by atoms with Gasteiger partial charge in [-0.15, -0.1) is 0 Å². The molecule has 0 bridgehead atoms. The summed E-state index contributed by atoms with van der Waals surface area (Å²) in [6.45, 7) is 0.329. The summed E-state index contributed by atoms with van der Waals surface area (Å²) in [4.78, 5) is 20.4. The Morgan fingerprint density at radius 3 is 3.00 bits per heavy atom. The molecule has 1 N–H and O–H groups in total. The van der Waals surface area contributed by atoms with Crippen molar-refractivity contribution in [2.24, 2.45) is 0 Å². The summed E-state index contributed by atoms with van der Waals surface area (Å²) in [6, 6.07) is 1.65. The molecule has 1 aromatic rings. The molecule has 1 aromatic heterocycles. The normalized spacial score (nSPS) is 22.4. The molecule has 13 heavy (non-hydrogen) atoms. The number of carbonyl (C=O) groups excluding carboxylic acids is 1. The molecule has 0 spiro atoms. The summed E-state index contributed by atoms with van der Waals surface area (Å²) in [6.07, 6.45) is 2.57. The van der Waals surface area contributed by atoms with Crippen LogP contribution >= 0.6 is 0 Å². The highest BCUT2D eigenvalue weighted by Crippen LogP contribution is 2.17. The van der Waals surface area contributed by atoms with Crippen LogP contribution in [0.4, 0.5) is 5.82 Å². The minimum atomic E-state index is -0.567. The molecular weight excluding hydrogens is 170 g/mol. The fourth-order valence-electron chi connectivity index (χ4n) is 1.35. The third-order valence-electron chi connectivity index (χ3n) is 1.95. The average molecular weight is 179 g/mol. The highest BCUT2D eigenvalue weighted by molar-refractivity contribution is 5.95. The number of nitrogens with zero attached hydrogens (tertiary/aromatic N) is 3. The molecule has 0 radical (unpaired) electrons. The van der Waals surface area contributed by atoms with E-state index in [-0.39, 0.29) is 12.3 Å². The van der Waals surface area contributed by atoms with Crippen molar-refractivity contribution in [2.45, 2.75) is 12.5 Å². The van der Waals surface area contributed by atoms with Gasteiger partial charge in [0.05, 0.1) is 19.1 Å². The highest BCUT2D eigenvalue weighted by Gasteiger charge is 2.29. The van der Waals surface area contributed by atoms with E-state index in [0.29, 0.717) is 12.4 Å². The summed E-state index contributed by atoms with van der Waals surface area (Å²) in [7, 11) is 0. The SMILES string of the molecule is O=C1CC(O)CN1c1ccncn1. The Kier molecular flexibility index (Phi) is 1.94. The van der Waals surface area contributed by atoms with E-state index in [4.69, 9.17) is 0 Å². The molecule has 1 aliphatic heterocycles. The number of aromatic nitrogens is 2. The Labute approximate surface area is 75.0 Å². The van der Waals surface area contributed by atoms with Crippen LogP contribution < -0.4 is 4.90 Å². The standard InChI is InChI=1S/C8H9N3O2/c12-6-3-8(13)11(4-6)7-1-2-9-5-10-7/h1-2,5-6,12H,3-4H2. The zero-order valence-electron chi connectivity index (χ0n) is 6.92. The van der Waals surface area contributed by atoms with Crippen LogP contribution in [0.25, 0.3) is 0 Å². The Morgan fingerprint density at radius 1 is 1.62 bits per heavy atom. The van der Waals surface area contributed by atoms with E-state index in [1.54, 1.807) is 12.3 Å². The number of hydrogen-bond donors (Lipinski definition) is 1. The lowest BCUT2D eigenvalue weighted by Crippen LogP contribution is -2.26. The van der Waals surface area contributed by atoms with E-state index in [1.807, 2.05) is 0 Å². The van der Waals surface area contributed by atoms with Gasteiger partial charge in [-0.25, -0.2) is 9.97 Å². The molecular formula is C8H9N3O2. The van der Waals surface area contributed by atoms with Gasteiger partial charge < -0.3 is 5.11 Å². The molecule has 1 unspecified atom stereocenters. The van der Waals surface area contributed by atoms with Crippen molar-refractivity contribution in [1.29, 1.82) is 0 Å². The van der Waals surface area contributed by atoms with Crippen molar-refractivity contribution in [1.82, 2.24) is 9.97 Å². The maximum Gasteiger partial charge on any atom is 0.230 e. The molecule has 0 saturated carbocycles. The van der Waals surface area contributed by atoms with Gasteiger partial charge in [-0.2, -0.15) is 0 Å². The molecule has 5 nitrogen and oxygen atoms in total. The van der Waals surface area contributed by atoms with Crippen molar-refractivity contribution in [3.63, 3.8) is 0 Å². The first-order valence-electron chi connectivity index (χ1n) is 4.02. The Morgan fingerprint density at radius 2 is 2.46 bits per heavy atom. The predicted molar refractivity (Wildman–Crippen MR) is 45.0 cm³/mol. The molecule has 2 rings (SSSR count). The Balaban J connectivity index is 2.23. The van der Waals surface area contributed by atoms with Crippen molar-refractivity contribution in [3.8, 4) is 0 Å². The summed E-state index contributed by atoms with van der Waals surface area (Å²) in [5, 5.41) is 9.23. The van der Waals surface area contributed by atoms with Gasteiger partial charge in [0.1, 0.15) is 12.1 Å². The monoisotopic (exact) mass is 179 g/mol. The molecule has 1 fully saturated rings. The van der Waals surface area contributed by atoms with Crippen LogP contribution in [-0.4, -0.2) is 33.6 Å². The molecule has 68 valence electrons. The topological polar surface area (TPSA) is 66.3 Å². The molecule has 1 amide bonds. The lowest BCUT2D eigenvalue weighted by Gasteiger charge is -2.13. The van der Waals surface area contributed by atoms with E-state index >= 15 is 0 Å². The molecule has 1 saturated heterocycles. The average Bonchev–Trinajstić information content (AvgIpc) is 2.47. The minimum absolute atomic E-state index is 0.0915. The quantitative estimate of drug-likeness (QED) is 0.635. The number of β-amino-alcohol motifs (C(OH)–C–C–N with tert-alkyl or cyclic N) is 1. The van der Waals surface area contributed by atoms with Gasteiger partial charge >= 0.3 is 0 Å². The van der Waals surface area contributed by atoms with Crippen LogP contribution in [0.3, 0.4) is 0 Å². The largest absolute Gasteiger partial charge is 0.391 e. The van der Waals surface area contributed by atoms with Crippen molar-refractivity contribution >= 4 is 11.7 Å². The van der Waals surface area contributed by atoms with Crippen LogP contribution in [0.2, 0.25) is 0 Å². The van der Waals surface area contributed by atoms with Crippen molar-refractivity contribution < 1.29 is 9.90 Å². The van der Waals surface area contributed by atoms with E-state index in [2.05, 4.69) is 9.97 Å². The van der Waals surface area contributed by atoms with Gasteiger partial charge in [0.2, 0.25) is 5.91 Å². The third-order valence-corrected chi connectivity index (χ3v) is 1.95. The van der Waals surface area contributed by atoms with E-state index in [1.165, 1.54) is 11.2 Å². The van der Waals surface area contributed by atoms with Crippen LogP contribution in [0.15, 0.2) is 18.6 Å². The lowest BCUT2D eigenvalue weighted by molar-refractivity contribution is -0.117. The van der Waals surface area contributed by atoms with Gasteiger partial charge in [0, 0.05) is 6.20 Å². The second kappa shape index (κ2) is 3.10. The lowest BCUT2D eigenvalue weighted by atomic mass is 10.3. The molecule has 2 heterocycles. The number of amides is 1. The molecule has 0 aliphatic carbocycles. The predicted octanol–water partition coefficient (Wildman–Crippen LogP) is -0.426. The first-order valence-corrected chi connectivity index (χ1v) is 4.02. The van der Waals surface area contributed by atoms with Gasteiger partial charge in [-0.3, -0.25) is 9.69 Å². The van der Waals surface area contributed by atoms with E-state index in [0.717, 1.165) is 0 Å². The fourth-order valence-corrected chi connectivity index (χ4v) is 1.35. The zero-order chi connectivity index (χ0) is 9.26. The number of aliphatic hydroxyl groups excluding tert-OH is 1. The molecule has 0 aromatic carbocycles. The molecule has 1 aliphatic rings. The zero-order valence-corrected chi connectivity index (χ0v) is 6.92. The van der Waals surface area contributed by atoms with Crippen LogP contribution in [0.1, 0.15) is 6.42 Å². The van der Waals surface area contributed by atoms with E-state index < -0.39 is 6.10 Å². The van der Waals surface area contributed by atoms with Crippen LogP contribution in [0.5, 0.6) is 0 Å². The number of anilines is 1. The van der Waals surface area contributed by atoms with Crippen LogP contribution in [0, 0.1) is 0 Å². The maximum absolute atomic E-state index is 11.3. The second-order valence-electron chi connectivity index (χ2n) is 2.93. The van der Waals surface area contributed by atoms with Crippen LogP contribution in [-0.2, 0) is 4.79 Å². The van der Waals surface area contributed by atoms with E-state index in [9.17, 15) is 9.90 Å². The van der Waals surface area contributed by atoms with Gasteiger partial charge in [-0.05, 0) is 6.07 Å². The van der Waals surface area contributed by atoms with Gasteiger partial charge in [0.25, 0.3) is 0 Å². The summed E-state index contributed by atoms with van der Waals surface area (Å²) < 4.78 is 0. The third kappa shape index (κ3) is 1.50. The Hall–Kier alpha value is -1.49. The smallest absolute Gasteiger partial charge is 0.230 e. The summed E-state index contributed by atoms with van der Waals surface area (Å²) in [5.74, 6) is 0.461. The minimum Gasteiger partial charge on any atom is -0.391 e. The van der Waals surface area contributed by atoms with Crippen molar-refractivity contribution in [3.05, 3.63) is 18.6 Å². The number of rotatable bonds is 1. The highest BCUT2D eigenvalue weighted by atomic mass is 16.3. The Bertz CT molecular complexity index is 314. The van der Waals surface area contributed by atoms with Crippen molar-refractivity contribution in [2.75, 3.05) is 11.4 Å². The second-order valence-corrected chi connectivity index (χ2v) is 2.93. The van der Waals surface area contributed by atoms with Gasteiger partial charge in [-0.1, -0.05) is 0 Å².